The van der Waals surface area contributed by atoms with Crippen LogP contribution in [0, 0.1) is 11.7 Å². The number of aromatic nitrogens is 2. The maximum Gasteiger partial charge on any atom is 0.237 e. The predicted molar refractivity (Wildman–Crippen MR) is 152 cm³/mol. The van der Waals surface area contributed by atoms with Crippen molar-refractivity contribution in [3.8, 4) is 11.3 Å². The molecule has 8 nitrogen and oxygen atoms in total. The number of piperazine rings is 1. The van der Waals surface area contributed by atoms with Gasteiger partial charge in [0.05, 0.1) is 29.7 Å². The molecule has 7 rings (SSSR count). The highest BCUT2D eigenvalue weighted by Crippen LogP contribution is 2.35. The van der Waals surface area contributed by atoms with Gasteiger partial charge in [0.2, 0.25) is 11.8 Å². The summed E-state index contributed by atoms with van der Waals surface area (Å²) in [6.45, 7) is 3.02. The molecule has 204 valence electrons. The molecule has 0 spiro atoms. The van der Waals surface area contributed by atoms with Crippen LogP contribution in [-0.4, -0.2) is 76.6 Å². The molecule has 0 aliphatic carbocycles. The summed E-state index contributed by atoms with van der Waals surface area (Å²) >= 11 is 0. The third-order valence-corrected chi connectivity index (χ3v) is 8.58. The van der Waals surface area contributed by atoms with Gasteiger partial charge in [-0.2, -0.15) is 5.10 Å². The van der Waals surface area contributed by atoms with Gasteiger partial charge in [-0.1, -0.05) is 36.4 Å². The zero-order chi connectivity index (χ0) is 27.2. The Morgan fingerprint density at radius 3 is 2.65 bits per heavy atom. The van der Waals surface area contributed by atoms with Crippen molar-refractivity contribution in [1.82, 2.24) is 20.0 Å². The number of halogens is 1. The number of carbonyl (C=O) groups excluding carboxylic acids is 2. The number of H-pyrrole nitrogens is 1. The Hall–Kier alpha value is -4.24. The van der Waals surface area contributed by atoms with E-state index in [0.717, 1.165) is 59.5 Å². The SMILES string of the molecule is O=C(Nc1ccc2[nH]nc(-c3ccccc3)c2c1)[C@@H]1CCN(CC(=O)N2C[C@H]3C[C@@H]2CN3c2cccc(F)c2)C1. The first-order chi connectivity index (χ1) is 19.5. The molecule has 3 aliphatic rings. The van der Waals surface area contributed by atoms with E-state index in [0.29, 0.717) is 19.6 Å². The summed E-state index contributed by atoms with van der Waals surface area (Å²) in [6.07, 6.45) is 1.64. The summed E-state index contributed by atoms with van der Waals surface area (Å²) in [4.78, 5) is 32.6. The number of fused-ring (bicyclic) bond motifs is 3. The summed E-state index contributed by atoms with van der Waals surface area (Å²) in [5.74, 6) is -0.309. The maximum atomic E-state index is 13.7. The molecular formula is C31H31FN6O2. The molecule has 9 heteroatoms. The number of nitrogens with one attached hydrogen (secondary N) is 2. The molecule has 1 aromatic heterocycles. The number of rotatable bonds is 6. The van der Waals surface area contributed by atoms with E-state index < -0.39 is 0 Å². The monoisotopic (exact) mass is 538 g/mol. The van der Waals surface area contributed by atoms with Crippen LogP contribution in [0.4, 0.5) is 15.8 Å². The Bertz CT molecular complexity index is 1570. The van der Waals surface area contributed by atoms with Crippen LogP contribution >= 0.6 is 0 Å². The molecule has 3 saturated heterocycles. The van der Waals surface area contributed by atoms with E-state index in [9.17, 15) is 14.0 Å². The van der Waals surface area contributed by atoms with E-state index in [4.69, 9.17) is 0 Å². The first kappa shape index (κ1) is 24.8. The van der Waals surface area contributed by atoms with Crippen LogP contribution < -0.4 is 10.2 Å². The Balaban J connectivity index is 0.945. The van der Waals surface area contributed by atoms with Crippen molar-refractivity contribution >= 4 is 34.1 Å². The highest BCUT2D eigenvalue weighted by atomic mass is 19.1. The number of anilines is 2. The van der Waals surface area contributed by atoms with Gasteiger partial charge in [0.25, 0.3) is 0 Å². The minimum Gasteiger partial charge on any atom is -0.365 e. The Kier molecular flexibility index (Phi) is 6.23. The molecule has 2 bridgehead atoms. The van der Waals surface area contributed by atoms with Crippen LogP contribution in [0.3, 0.4) is 0 Å². The lowest BCUT2D eigenvalue weighted by molar-refractivity contribution is -0.133. The van der Waals surface area contributed by atoms with E-state index in [1.165, 1.54) is 6.07 Å². The summed E-state index contributed by atoms with van der Waals surface area (Å²) in [6, 6.07) is 22.8. The molecule has 3 atom stereocenters. The number of hydrogen-bond donors (Lipinski definition) is 2. The van der Waals surface area contributed by atoms with E-state index in [2.05, 4.69) is 25.3 Å². The van der Waals surface area contributed by atoms with Crippen molar-refractivity contribution in [2.75, 3.05) is 42.9 Å². The number of nitrogens with zero attached hydrogens (tertiary/aromatic N) is 4. The fraction of sp³-hybridized carbons (Fsp3) is 0.323. The van der Waals surface area contributed by atoms with Gasteiger partial charge in [-0.15, -0.1) is 0 Å². The molecule has 0 radical (unpaired) electrons. The van der Waals surface area contributed by atoms with Gasteiger partial charge < -0.3 is 15.1 Å². The second-order valence-electron chi connectivity index (χ2n) is 11.1. The molecule has 2 N–H and O–H groups in total. The lowest BCUT2D eigenvalue weighted by Gasteiger charge is -2.36. The molecule has 4 heterocycles. The van der Waals surface area contributed by atoms with Crippen molar-refractivity contribution in [1.29, 1.82) is 0 Å². The zero-order valence-electron chi connectivity index (χ0n) is 22.1. The molecule has 2 amide bonds. The van der Waals surface area contributed by atoms with Crippen LogP contribution in [0.2, 0.25) is 0 Å². The van der Waals surface area contributed by atoms with Gasteiger partial charge in [-0.3, -0.25) is 19.6 Å². The highest BCUT2D eigenvalue weighted by molar-refractivity contribution is 5.99. The lowest BCUT2D eigenvalue weighted by Crippen LogP contribution is -2.51. The van der Waals surface area contributed by atoms with Crippen molar-refractivity contribution in [3.05, 3.63) is 78.6 Å². The largest absolute Gasteiger partial charge is 0.365 e. The van der Waals surface area contributed by atoms with Crippen molar-refractivity contribution < 1.29 is 14.0 Å². The molecular weight excluding hydrogens is 507 g/mol. The van der Waals surface area contributed by atoms with Gasteiger partial charge in [0.1, 0.15) is 5.82 Å². The summed E-state index contributed by atoms with van der Waals surface area (Å²) in [5.41, 5.74) is 4.41. The van der Waals surface area contributed by atoms with Gasteiger partial charge in [0, 0.05) is 48.0 Å². The number of benzene rings is 3. The second kappa shape index (κ2) is 10.1. The van der Waals surface area contributed by atoms with Crippen LogP contribution in [0.15, 0.2) is 72.8 Å². The number of aromatic amines is 1. The molecule has 3 aromatic carbocycles. The highest BCUT2D eigenvalue weighted by Gasteiger charge is 2.45. The molecule has 3 aliphatic heterocycles. The average Bonchev–Trinajstić information content (AvgIpc) is 3.77. The topological polar surface area (TPSA) is 84.6 Å². The van der Waals surface area contributed by atoms with Crippen LogP contribution in [0.1, 0.15) is 12.8 Å². The van der Waals surface area contributed by atoms with Crippen molar-refractivity contribution in [2.24, 2.45) is 5.92 Å². The van der Waals surface area contributed by atoms with Crippen LogP contribution in [0.25, 0.3) is 22.2 Å². The standard InChI is InChI=1S/C31H31FN6O2/c32-22-7-4-8-24(13-22)37-17-26-15-25(37)18-38(26)29(39)19-36-12-11-21(16-36)31(40)33-23-9-10-28-27(14-23)30(35-34-28)20-5-2-1-3-6-20/h1-10,13-14,21,25-26H,11-12,15-19H2,(H,33,40)(H,34,35)/t21-,25-,26-/m1/s1. The fourth-order valence-corrected chi connectivity index (χ4v) is 6.57. The summed E-state index contributed by atoms with van der Waals surface area (Å²) in [7, 11) is 0. The smallest absolute Gasteiger partial charge is 0.237 e. The lowest BCUT2D eigenvalue weighted by atomic mass is 10.1. The minimum absolute atomic E-state index is 0.0231. The average molecular weight is 539 g/mol. The van der Waals surface area contributed by atoms with Crippen LogP contribution in [0.5, 0.6) is 0 Å². The minimum atomic E-state index is -0.236. The normalized spacial score (nSPS) is 22.4. The number of hydrogen-bond acceptors (Lipinski definition) is 5. The van der Waals surface area contributed by atoms with E-state index in [1.54, 1.807) is 12.1 Å². The maximum absolute atomic E-state index is 13.7. The molecule has 0 unspecified atom stereocenters. The van der Waals surface area contributed by atoms with Crippen molar-refractivity contribution in [2.45, 2.75) is 24.9 Å². The van der Waals surface area contributed by atoms with E-state index in [1.807, 2.05) is 59.5 Å². The summed E-state index contributed by atoms with van der Waals surface area (Å²) < 4.78 is 13.7. The molecule has 40 heavy (non-hydrogen) atoms. The van der Waals surface area contributed by atoms with Gasteiger partial charge in [-0.05, 0) is 55.8 Å². The van der Waals surface area contributed by atoms with Gasteiger partial charge in [-0.25, -0.2) is 4.39 Å². The van der Waals surface area contributed by atoms with E-state index >= 15 is 0 Å². The molecule has 4 aromatic rings. The van der Waals surface area contributed by atoms with Crippen LogP contribution in [-0.2, 0) is 9.59 Å². The Morgan fingerprint density at radius 2 is 1.85 bits per heavy atom. The van der Waals surface area contributed by atoms with Gasteiger partial charge >= 0.3 is 0 Å². The molecule has 3 fully saturated rings. The Morgan fingerprint density at radius 1 is 0.975 bits per heavy atom. The van der Waals surface area contributed by atoms with Crippen molar-refractivity contribution in [3.63, 3.8) is 0 Å². The first-order valence-corrected chi connectivity index (χ1v) is 13.9. The third-order valence-electron chi connectivity index (χ3n) is 8.58. The third kappa shape index (κ3) is 4.60. The molecule has 0 saturated carbocycles. The number of likely N-dealkylation sites (tertiary alicyclic amines) is 2. The second-order valence-corrected chi connectivity index (χ2v) is 11.1. The Labute approximate surface area is 231 Å². The predicted octanol–water partition coefficient (Wildman–Crippen LogP) is 4.12. The first-order valence-electron chi connectivity index (χ1n) is 13.9. The number of carbonyl (C=O) groups is 2. The van der Waals surface area contributed by atoms with Gasteiger partial charge in [0.15, 0.2) is 0 Å². The van der Waals surface area contributed by atoms with E-state index in [-0.39, 0.29) is 35.6 Å². The fourth-order valence-electron chi connectivity index (χ4n) is 6.57. The summed E-state index contributed by atoms with van der Waals surface area (Å²) in [5, 5.41) is 11.6. The zero-order valence-corrected chi connectivity index (χ0v) is 22.1. The number of amides is 2. The quantitative estimate of drug-likeness (QED) is 0.386.